The van der Waals surface area contributed by atoms with E-state index in [0.717, 1.165) is 18.5 Å². The average molecular weight is 336 g/mol. The van der Waals surface area contributed by atoms with Crippen LogP contribution in [0.5, 0.6) is 0 Å². The maximum Gasteiger partial charge on any atom is 0.276 e. The number of hydrogen-bond donors (Lipinski definition) is 1. The molecule has 3 aromatic rings. The van der Waals surface area contributed by atoms with Crippen LogP contribution in [0, 0.1) is 5.92 Å². The van der Waals surface area contributed by atoms with Gasteiger partial charge in [-0.2, -0.15) is 15.4 Å². The summed E-state index contributed by atoms with van der Waals surface area (Å²) < 4.78 is 2.09. The smallest absolute Gasteiger partial charge is 0.276 e. The molecule has 4 rings (SSSR count). The summed E-state index contributed by atoms with van der Waals surface area (Å²) in [6.45, 7) is 3.60. The monoisotopic (exact) mass is 336 g/mol. The van der Waals surface area contributed by atoms with Crippen LogP contribution >= 0.6 is 0 Å². The number of rotatable bonds is 3. The third kappa shape index (κ3) is 2.93. The Bertz CT molecular complexity index is 842. The largest absolute Gasteiger partial charge is 0.335 e. The lowest BCUT2D eigenvalue weighted by Gasteiger charge is -2.37. The summed E-state index contributed by atoms with van der Waals surface area (Å²) in [5.41, 5.74) is 1.87. The predicted molar refractivity (Wildman–Crippen MR) is 92.8 cm³/mol. The lowest BCUT2D eigenvalue weighted by Crippen LogP contribution is -2.44. The third-order valence-electron chi connectivity index (χ3n) is 4.91. The normalized spacial score (nSPS) is 20.6. The molecule has 0 spiro atoms. The Kier molecular flexibility index (Phi) is 4.05. The first kappa shape index (κ1) is 15.6. The molecular weight excluding hydrogens is 316 g/mol. The van der Waals surface area contributed by atoms with E-state index in [4.69, 9.17) is 0 Å². The van der Waals surface area contributed by atoms with Crippen LogP contribution in [-0.4, -0.2) is 48.9 Å². The first-order chi connectivity index (χ1) is 12.2. The van der Waals surface area contributed by atoms with E-state index in [0.29, 0.717) is 23.9 Å². The first-order valence-electron chi connectivity index (χ1n) is 8.47. The molecule has 1 aliphatic rings. The van der Waals surface area contributed by atoms with Gasteiger partial charge in [0.1, 0.15) is 5.69 Å². The zero-order valence-corrected chi connectivity index (χ0v) is 14.0. The molecular formula is C18H20N6O. The van der Waals surface area contributed by atoms with Crippen LogP contribution in [0.4, 0.5) is 0 Å². The number of H-pyrrole nitrogens is 1. The predicted octanol–water partition coefficient (Wildman–Crippen LogP) is 2.39. The van der Waals surface area contributed by atoms with E-state index < -0.39 is 0 Å². The third-order valence-corrected chi connectivity index (χ3v) is 4.91. The number of carbonyl (C=O) groups excluding carboxylic acids is 1. The first-order valence-corrected chi connectivity index (χ1v) is 8.47. The quantitative estimate of drug-likeness (QED) is 0.796. The number of aromatic amines is 1. The SMILES string of the molecule is C[C@@H]1CCN(C(=O)c2n[nH]nc2-c2ccccc2)C[C@@H]1n1ccnc1. The Labute approximate surface area is 145 Å². The standard InChI is InChI=1S/C18H20N6O/c1-13-7-9-23(11-15(13)24-10-8-19-12-24)18(25)17-16(20-22-21-17)14-5-3-2-4-6-14/h2-6,8,10,12-13,15H,7,9,11H2,1H3,(H,20,21,22)/t13-,15+/m1/s1. The molecule has 7 heteroatoms. The zero-order chi connectivity index (χ0) is 17.2. The highest BCUT2D eigenvalue weighted by molar-refractivity contribution is 5.97. The topological polar surface area (TPSA) is 79.7 Å². The van der Waals surface area contributed by atoms with E-state index in [9.17, 15) is 4.79 Å². The molecule has 7 nitrogen and oxygen atoms in total. The van der Waals surface area contributed by atoms with Crippen molar-refractivity contribution in [1.29, 1.82) is 0 Å². The zero-order valence-electron chi connectivity index (χ0n) is 14.0. The summed E-state index contributed by atoms with van der Waals surface area (Å²) in [4.78, 5) is 19.1. The van der Waals surface area contributed by atoms with Crippen molar-refractivity contribution in [3.05, 3.63) is 54.7 Å². The summed E-state index contributed by atoms with van der Waals surface area (Å²) in [5.74, 6) is 0.411. The van der Waals surface area contributed by atoms with Crippen molar-refractivity contribution < 1.29 is 4.79 Å². The van der Waals surface area contributed by atoms with Gasteiger partial charge in [0.05, 0.1) is 12.4 Å². The van der Waals surface area contributed by atoms with Crippen molar-refractivity contribution in [2.75, 3.05) is 13.1 Å². The van der Waals surface area contributed by atoms with Crippen molar-refractivity contribution in [1.82, 2.24) is 29.9 Å². The summed E-state index contributed by atoms with van der Waals surface area (Å²) in [5, 5.41) is 10.9. The van der Waals surface area contributed by atoms with E-state index >= 15 is 0 Å². The molecule has 25 heavy (non-hydrogen) atoms. The number of amides is 1. The van der Waals surface area contributed by atoms with Gasteiger partial charge in [-0.15, -0.1) is 0 Å². The van der Waals surface area contributed by atoms with Crippen LogP contribution in [0.25, 0.3) is 11.3 Å². The number of piperidine rings is 1. The van der Waals surface area contributed by atoms with Gasteiger partial charge in [0, 0.05) is 31.0 Å². The van der Waals surface area contributed by atoms with Crippen molar-refractivity contribution in [3.8, 4) is 11.3 Å². The molecule has 0 radical (unpaired) electrons. The molecule has 1 saturated heterocycles. The van der Waals surface area contributed by atoms with E-state index in [-0.39, 0.29) is 11.9 Å². The molecule has 128 valence electrons. The van der Waals surface area contributed by atoms with Crippen molar-refractivity contribution in [2.45, 2.75) is 19.4 Å². The average Bonchev–Trinajstić information content (AvgIpc) is 3.34. The van der Waals surface area contributed by atoms with Gasteiger partial charge < -0.3 is 9.47 Å². The summed E-state index contributed by atoms with van der Waals surface area (Å²) in [6.07, 6.45) is 6.51. The fourth-order valence-corrected chi connectivity index (χ4v) is 3.41. The fraction of sp³-hybridized carbons (Fsp3) is 0.333. The number of nitrogens with zero attached hydrogens (tertiary/aromatic N) is 5. The molecule has 1 aliphatic heterocycles. The van der Waals surface area contributed by atoms with E-state index in [1.807, 2.05) is 47.8 Å². The summed E-state index contributed by atoms with van der Waals surface area (Å²) in [6, 6.07) is 9.88. The molecule has 0 saturated carbocycles. The highest BCUT2D eigenvalue weighted by atomic mass is 16.2. The van der Waals surface area contributed by atoms with Crippen LogP contribution in [0.1, 0.15) is 29.9 Å². The highest BCUT2D eigenvalue weighted by Gasteiger charge is 2.32. The Morgan fingerprint density at radius 1 is 1.24 bits per heavy atom. The Morgan fingerprint density at radius 2 is 2.08 bits per heavy atom. The molecule has 3 heterocycles. The highest BCUT2D eigenvalue weighted by Crippen LogP contribution is 2.29. The van der Waals surface area contributed by atoms with Crippen LogP contribution in [0.3, 0.4) is 0 Å². The Hall–Kier alpha value is -2.96. The second-order valence-electron chi connectivity index (χ2n) is 6.48. The number of imidazole rings is 1. The van der Waals surface area contributed by atoms with Crippen LogP contribution in [-0.2, 0) is 0 Å². The second-order valence-corrected chi connectivity index (χ2v) is 6.48. The molecule has 0 aliphatic carbocycles. The number of hydrogen-bond acceptors (Lipinski definition) is 4. The molecule has 1 N–H and O–H groups in total. The Morgan fingerprint density at radius 3 is 2.84 bits per heavy atom. The van der Waals surface area contributed by atoms with Gasteiger partial charge in [-0.3, -0.25) is 4.79 Å². The molecule has 0 unspecified atom stereocenters. The minimum atomic E-state index is -0.0791. The number of aromatic nitrogens is 5. The second kappa shape index (κ2) is 6.51. The van der Waals surface area contributed by atoms with E-state index in [1.54, 1.807) is 6.20 Å². The van der Waals surface area contributed by atoms with Gasteiger partial charge in [0.25, 0.3) is 5.91 Å². The van der Waals surface area contributed by atoms with Gasteiger partial charge in [-0.05, 0) is 12.3 Å². The van der Waals surface area contributed by atoms with E-state index in [2.05, 4.69) is 31.9 Å². The van der Waals surface area contributed by atoms with E-state index in [1.165, 1.54) is 0 Å². The van der Waals surface area contributed by atoms with Gasteiger partial charge in [-0.25, -0.2) is 4.98 Å². The minimum Gasteiger partial charge on any atom is -0.335 e. The van der Waals surface area contributed by atoms with Gasteiger partial charge in [-0.1, -0.05) is 37.3 Å². The van der Waals surface area contributed by atoms with Gasteiger partial charge in [0.15, 0.2) is 5.69 Å². The molecule has 1 fully saturated rings. The molecule has 1 aromatic carbocycles. The van der Waals surface area contributed by atoms with Crippen molar-refractivity contribution in [3.63, 3.8) is 0 Å². The molecule has 2 atom stereocenters. The van der Waals surface area contributed by atoms with Crippen molar-refractivity contribution in [2.24, 2.45) is 5.92 Å². The number of carbonyl (C=O) groups is 1. The molecule has 0 bridgehead atoms. The van der Waals surface area contributed by atoms with Crippen LogP contribution in [0.2, 0.25) is 0 Å². The lowest BCUT2D eigenvalue weighted by atomic mass is 9.93. The van der Waals surface area contributed by atoms with Crippen LogP contribution in [0.15, 0.2) is 49.1 Å². The Balaban J connectivity index is 1.59. The van der Waals surface area contributed by atoms with Crippen LogP contribution < -0.4 is 0 Å². The summed E-state index contributed by atoms with van der Waals surface area (Å²) >= 11 is 0. The fourth-order valence-electron chi connectivity index (χ4n) is 3.41. The van der Waals surface area contributed by atoms with Gasteiger partial charge >= 0.3 is 0 Å². The maximum atomic E-state index is 13.1. The maximum absolute atomic E-state index is 13.1. The summed E-state index contributed by atoms with van der Waals surface area (Å²) in [7, 11) is 0. The molecule has 1 amide bonds. The van der Waals surface area contributed by atoms with Gasteiger partial charge in [0.2, 0.25) is 0 Å². The number of likely N-dealkylation sites (tertiary alicyclic amines) is 1. The number of nitrogens with one attached hydrogen (secondary N) is 1. The number of benzene rings is 1. The van der Waals surface area contributed by atoms with Crippen molar-refractivity contribution >= 4 is 5.91 Å². The minimum absolute atomic E-state index is 0.0791. The molecule has 2 aromatic heterocycles. The lowest BCUT2D eigenvalue weighted by molar-refractivity contribution is 0.0616.